The van der Waals surface area contributed by atoms with Crippen LogP contribution in [0.1, 0.15) is 82.3 Å². The number of nitrogens with one attached hydrogen (secondary N) is 4. The standard InChI is InChI=1S/C33H44N8O6S3/c1-14(2)9-20-18-7-8-19(34-18)27(42)37-23-12-49-50-13-24(32-40-25(16(5)46-32)29(44)35-20)38-28(43)22-11-48-33(39-22)21(10-15(3)4)36-30(45)26-17(6)47-31(23)41-26/h8,11,14-17,20-21,23-26H,7,9-10,12-13H2,1-6H3,(H,35,44)(H,36,45)(H,37,42)(H,38,43)/t16-,17-,20-,21?,23-,24-,25?,26+/m1/s1. The number of rotatable bonds is 4. The second-order valence-corrected chi connectivity index (χ2v) is 17.4. The Morgan fingerprint density at radius 1 is 0.780 bits per heavy atom. The lowest BCUT2D eigenvalue weighted by Gasteiger charge is -2.23. The van der Waals surface area contributed by atoms with Gasteiger partial charge in [0.05, 0.1) is 12.1 Å². The van der Waals surface area contributed by atoms with Crippen molar-refractivity contribution in [3.8, 4) is 0 Å². The van der Waals surface area contributed by atoms with Crippen molar-refractivity contribution in [3.63, 3.8) is 0 Å². The molecule has 17 heteroatoms. The molecule has 6 heterocycles. The summed E-state index contributed by atoms with van der Waals surface area (Å²) in [5.41, 5.74) is 1.13. The van der Waals surface area contributed by atoms with Crippen LogP contribution in [0.4, 0.5) is 0 Å². The Hall–Kier alpha value is -3.44. The van der Waals surface area contributed by atoms with Crippen LogP contribution < -0.4 is 21.3 Å². The molecule has 0 fully saturated rings. The van der Waals surface area contributed by atoms with E-state index in [0.29, 0.717) is 41.5 Å². The third kappa shape index (κ3) is 8.20. The molecule has 5 aliphatic heterocycles. The van der Waals surface area contributed by atoms with E-state index in [1.807, 2.05) is 13.8 Å². The molecule has 4 N–H and O–H groups in total. The lowest BCUT2D eigenvalue weighted by molar-refractivity contribution is -0.125. The quantitative estimate of drug-likeness (QED) is 0.337. The van der Waals surface area contributed by atoms with Crippen molar-refractivity contribution in [1.29, 1.82) is 0 Å². The Balaban J connectivity index is 1.41. The third-order valence-electron chi connectivity index (χ3n) is 8.84. The van der Waals surface area contributed by atoms with Gasteiger partial charge in [0.25, 0.3) is 11.8 Å². The second-order valence-electron chi connectivity index (χ2n) is 13.9. The molecule has 8 atom stereocenters. The van der Waals surface area contributed by atoms with Gasteiger partial charge in [0, 0.05) is 29.0 Å². The lowest BCUT2D eigenvalue weighted by Crippen LogP contribution is -2.47. The van der Waals surface area contributed by atoms with E-state index in [-0.39, 0.29) is 46.8 Å². The predicted molar refractivity (Wildman–Crippen MR) is 196 cm³/mol. The number of hydrogen-bond acceptors (Lipinski definition) is 13. The highest BCUT2D eigenvalue weighted by atomic mass is 33.1. The molecule has 6 rings (SSSR count). The van der Waals surface area contributed by atoms with Crippen LogP contribution in [-0.2, 0) is 23.9 Å². The zero-order chi connectivity index (χ0) is 35.7. The van der Waals surface area contributed by atoms with Gasteiger partial charge in [-0.2, -0.15) is 0 Å². The highest BCUT2D eigenvalue weighted by molar-refractivity contribution is 8.76. The number of carbonyl (C=O) groups is 4. The van der Waals surface area contributed by atoms with Gasteiger partial charge in [0.1, 0.15) is 40.7 Å². The van der Waals surface area contributed by atoms with Gasteiger partial charge in [0.2, 0.25) is 23.6 Å². The molecule has 0 aromatic carbocycles. The van der Waals surface area contributed by atoms with Gasteiger partial charge in [-0.1, -0.05) is 49.3 Å². The topological polar surface area (TPSA) is 185 Å². The molecular weight excluding hydrogens is 701 g/mol. The molecule has 14 nitrogen and oxygen atoms in total. The highest BCUT2D eigenvalue weighted by Crippen LogP contribution is 2.30. The summed E-state index contributed by atoms with van der Waals surface area (Å²) >= 11 is 1.30. The number of amides is 4. The van der Waals surface area contributed by atoms with Crippen LogP contribution in [-0.4, -0.2) is 100 Å². The monoisotopic (exact) mass is 744 g/mol. The highest BCUT2D eigenvalue weighted by Gasteiger charge is 2.41. The summed E-state index contributed by atoms with van der Waals surface area (Å²) in [7, 11) is 2.87. The predicted octanol–water partition coefficient (Wildman–Crippen LogP) is 2.97. The van der Waals surface area contributed by atoms with E-state index < -0.39 is 60.3 Å². The van der Waals surface area contributed by atoms with Gasteiger partial charge >= 0.3 is 0 Å². The maximum Gasteiger partial charge on any atom is 0.271 e. The summed E-state index contributed by atoms with van der Waals surface area (Å²) in [6, 6.07) is -3.92. The first kappa shape index (κ1) is 36.4. The number of hydrogen-bond donors (Lipinski definition) is 4. The van der Waals surface area contributed by atoms with E-state index in [1.54, 1.807) is 25.3 Å². The molecule has 5 aliphatic rings. The molecule has 4 amide bonds. The molecular formula is C33H44N8O6S3. The molecule has 10 bridgehead atoms. The van der Waals surface area contributed by atoms with Gasteiger partial charge in [-0.15, -0.1) is 11.3 Å². The molecule has 0 radical (unpaired) electrons. The molecule has 0 saturated heterocycles. The van der Waals surface area contributed by atoms with Crippen molar-refractivity contribution in [1.82, 2.24) is 26.3 Å². The Bertz CT molecular complexity index is 1640. The molecule has 270 valence electrons. The largest absolute Gasteiger partial charge is 0.474 e. The van der Waals surface area contributed by atoms with E-state index in [0.717, 1.165) is 0 Å². The summed E-state index contributed by atoms with van der Waals surface area (Å²) in [5, 5.41) is 14.6. The van der Waals surface area contributed by atoms with Crippen molar-refractivity contribution < 1.29 is 28.7 Å². The summed E-state index contributed by atoms with van der Waals surface area (Å²) in [6.07, 6.45) is 2.21. The van der Waals surface area contributed by atoms with Crippen LogP contribution in [0.2, 0.25) is 0 Å². The number of fused-ring (bicyclic) bond motifs is 12. The maximum absolute atomic E-state index is 13.7. The fraction of sp³-hybridized carbons (Fsp3) is 0.636. The van der Waals surface area contributed by atoms with E-state index in [2.05, 4.69) is 45.1 Å². The first-order valence-electron chi connectivity index (χ1n) is 17.0. The summed E-state index contributed by atoms with van der Waals surface area (Å²) in [4.78, 5) is 73.5. The molecule has 0 saturated carbocycles. The van der Waals surface area contributed by atoms with Crippen LogP contribution in [0.15, 0.2) is 32.1 Å². The molecule has 0 aliphatic carbocycles. The van der Waals surface area contributed by atoms with Gasteiger partial charge in [-0.3, -0.25) is 19.2 Å². The average Bonchev–Trinajstić information content (AvgIpc) is 3.86. The Morgan fingerprint density at radius 2 is 1.32 bits per heavy atom. The average molecular weight is 745 g/mol. The fourth-order valence-electron chi connectivity index (χ4n) is 6.31. The number of aliphatic imine (C=N–C) groups is 3. The smallest absolute Gasteiger partial charge is 0.271 e. The molecule has 50 heavy (non-hydrogen) atoms. The number of nitrogens with zero attached hydrogens (tertiary/aromatic N) is 4. The fourth-order valence-corrected chi connectivity index (χ4v) is 9.48. The third-order valence-corrected chi connectivity index (χ3v) is 12.2. The van der Waals surface area contributed by atoms with Crippen LogP contribution >= 0.6 is 32.9 Å². The number of aromatic nitrogens is 1. The number of ether oxygens (including phenoxy) is 2. The zero-order valence-electron chi connectivity index (χ0n) is 28.9. The van der Waals surface area contributed by atoms with Gasteiger partial charge < -0.3 is 30.7 Å². The van der Waals surface area contributed by atoms with E-state index >= 15 is 0 Å². The molecule has 1 aromatic heterocycles. The van der Waals surface area contributed by atoms with Crippen LogP contribution in [0.25, 0.3) is 0 Å². The number of thiazole rings is 1. The van der Waals surface area contributed by atoms with Gasteiger partial charge in [-0.25, -0.2) is 20.0 Å². The van der Waals surface area contributed by atoms with Gasteiger partial charge in [-0.05, 0) is 44.6 Å². The minimum Gasteiger partial charge on any atom is -0.474 e. The van der Waals surface area contributed by atoms with E-state index in [9.17, 15) is 19.2 Å². The summed E-state index contributed by atoms with van der Waals surface area (Å²) in [6.45, 7) is 11.8. The molecule has 1 aromatic rings. The first-order chi connectivity index (χ1) is 23.9. The zero-order valence-corrected chi connectivity index (χ0v) is 31.4. The van der Waals surface area contributed by atoms with Crippen molar-refractivity contribution in [3.05, 3.63) is 27.9 Å². The summed E-state index contributed by atoms with van der Waals surface area (Å²) in [5.74, 6) is 0.187. The van der Waals surface area contributed by atoms with Crippen molar-refractivity contribution in [2.75, 3.05) is 11.5 Å². The first-order valence-corrected chi connectivity index (χ1v) is 20.4. The lowest BCUT2D eigenvalue weighted by atomic mass is 9.97. The van der Waals surface area contributed by atoms with Crippen LogP contribution in [0.3, 0.4) is 0 Å². The number of allylic oxidation sites excluding steroid dienone is 1. The van der Waals surface area contributed by atoms with Crippen LogP contribution in [0.5, 0.6) is 0 Å². The number of carbonyl (C=O) groups excluding carboxylic acids is 4. The normalized spacial score (nSPS) is 31.9. The van der Waals surface area contributed by atoms with Crippen molar-refractivity contribution in [2.24, 2.45) is 26.8 Å². The summed E-state index contributed by atoms with van der Waals surface area (Å²) < 4.78 is 12.3. The Morgan fingerprint density at radius 3 is 1.90 bits per heavy atom. The van der Waals surface area contributed by atoms with Crippen LogP contribution in [0, 0.1) is 11.8 Å². The minimum atomic E-state index is -0.843. The van der Waals surface area contributed by atoms with E-state index in [4.69, 9.17) is 19.5 Å². The van der Waals surface area contributed by atoms with Gasteiger partial charge in [0.15, 0.2) is 12.1 Å². The minimum absolute atomic E-state index is 0.210. The SMILES string of the molecule is CC(C)CC1NC(=O)[C@H]2N=C(O[C@@H]2C)[C@H]2CSSC[C@@H](NC(=O)c3csc1n3)C1=NC(C(=O)N[C@H](CC(C)C)C3=NC(=CC3)C(=O)N2)[C@@H](C)O1. The van der Waals surface area contributed by atoms with Crippen molar-refractivity contribution in [2.45, 2.75) is 109 Å². The maximum atomic E-state index is 13.7. The molecule has 2 unspecified atom stereocenters. The van der Waals surface area contributed by atoms with Crippen molar-refractivity contribution >= 4 is 74.1 Å². The molecule has 0 spiro atoms. The Labute approximate surface area is 303 Å². The Kier molecular flexibility index (Phi) is 11.2. The van der Waals surface area contributed by atoms with E-state index in [1.165, 1.54) is 32.9 Å². The second kappa shape index (κ2) is 15.4.